The van der Waals surface area contributed by atoms with Gasteiger partial charge in [0, 0.05) is 25.3 Å². The van der Waals surface area contributed by atoms with E-state index in [4.69, 9.17) is 0 Å². The lowest BCUT2D eigenvalue weighted by atomic mass is 10.1. The Kier molecular flexibility index (Phi) is 5.16. The first-order chi connectivity index (χ1) is 8.08. The molecule has 0 saturated carbocycles. The van der Waals surface area contributed by atoms with Crippen molar-refractivity contribution in [2.24, 2.45) is 7.05 Å². The second-order valence-electron chi connectivity index (χ2n) is 4.90. The smallest absolute Gasteiger partial charge is 0.272 e. The van der Waals surface area contributed by atoms with Gasteiger partial charge in [0.1, 0.15) is 5.69 Å². The molecule has 1 atom stereocenters. The van der Waals surface area contributed by atoms with Gasteiger partial charge in [-0.3, -0.25) is 9.48 Å². The van der Waals surface area contributed by atoms with Crippen LogP contribution in [0, 0.1) is 0 Å². The third kappa shape index (κ3) is 3.23. The van der Waals surface area contributed by atoms with Crippen molar-refractivity contribution in [3.8, 4) is 0 Å². The van der Waals surface area contributed by atoms with Crippen molar-refractivity contribution in [2.75, 3.05) is 13.1 Å². The highest BCUT2D eigenvalue weighted by atomic mass is 35.5. The number of halogens is 1. The number of carbonyl (C=O) groups is 1. The number of rotatable bonds is 3. The van der Waals surface area contributed by atoms with E-state index in [1.807, 2.05) is 13.1 Å². The summed E-state index contributed by atoms with van der Waals surface area (Å²) < 4.78 is 1.78. The Morgan fingerprint density at radius 3 is 2.83 bits per heavy atom. The van der Waals surface area contributed by atoms with Gasteiger partial charge in [-0.2, -0.15) is 5.10 Å². The fourth-order valence-electron chi connectivity index (χ4n) is 2.17. The molecule has 1 fully saturated rings. The maximum Gasteiger partial charge on any atom is 0.272 e. The van der Waals surface area contributed by atoms with E-state index in [9.17, 15) is 4.79 Å². The standard InChI is InChI=1S/C12H20N4O.ClH/c1-8(2)11-6-10(15-16(11)3)12(17)14-9-4-5-13-7-9;/h6,8-9,13H,4-5,7H2,1-3H3,(H,14,17);1H. The van der Waals surface area contributed by atoms with Crippen molar-refractivity contribution in [1.29, 1.82) is 0 Å². The molecule has 1 saturated heterocycles. The van der Waals surface area contributed by atoms with Crippen LogP contribution in [0.2, 0.25) is 0 Å². The number of nitrogens with one attached hydrogen (secondary N) is 2. The Morgan fingerprint density at radius 2 is 2.33 bits per heavy atom. The van der Waals surface area contributed by atoms with Crippen LogP contribution in [-0.2, 0) is 7.05 Å². The molecule has 18 heavy (non-hydrogen) atoms. The first-order valence-corrected chi connectivity index (χ1v) is 6.13. The minimum absolute atomic E-state index is 0. The molecule has 6 heteroatoms. The molecule has 102 valence electrons. The Labute approximate surface area is 114 Å². The zero-order valence-corrected chi connectivity index (χ0v) is 11.9. The van der Waals surface area contributed by atoms with Gasteiger partial charge in [-0.25, -0.2) is 0 Å². The lowest BCUT2D eigenvalue weighted by Crippen LogP contribution is -2.36. The summed E-state index contributed by atoms with van der Waals surface area (Å²) in [6.07, 6.45) is 0.996. The largest absolute Gasteiger partial charge is 0.347 e. The Morgan fingerprint density at radius 1 is 1.61 bits per heavy atom. The van der Waals surface area contributed by atoms with Crippen LogP contribution in [0.15, 0.2) is 6.07 Å². The minimum Gasteiger partial charge on any atom is -0.347 e. The van der Waals surface area contributed by atoms with Crippen LogP contribution in [0.1, 0.15) is 42.4 Å². The molecular formula is C12H21ClN4O. The molecular weight excluding hydrogens is 252 g/mol. The van der Waals surface area contributed by atoms with Crippen LogP contribution >= 0.6 is 12.4 Å². The molecule has 1 unspecified atom stereocenters. The third-order valence-corrected chi connectivity index (χ3v) is 3.14. The summed E-state index contributed by atoms with van der Waals surface area (Å²) in [6.45, 7) is 6.03. The van der Waals surface area contributed by atoms with Crippen molar-refractivity contribution in [3.63, 3.8) is 0 Å². The van der Waals surface area contributed by atoms with Gasteiger partial charge in [-0.05, 0) is 24.9 Å². The molecule has 5 nitrogen and oxygen atoms in total. The summed E-state index contributed by atoms with van der Waals surface area (Å²) >= 11 is 0. The van der Waals surface area contributed by atoms with Crippen LogP contribution in [-0.4, -0.2) is 34.8 Å². The summed E-state index contributed by atoms with van der Waals surface area (Å²) in [5, 5.41) is 10.5. The van der Waals surface area contributed by atoms with Gasteiger partial charge in [0.05, 0.1) is 0 Å². The molecule has 2 N–H and O–H groups in total. The molecule has 1 aliphatic rings. The Bertz CT molecular complexity index is 410. The Balaban J connectivity index is 0.00000162. The summed E-state index contributed by atoms with van der Waals surface area (Å²) in [7, 11) is 1.88. The molecule has 2 heterocycles. The minimum atomic E-state index is -0.0683. The fourth-order valence-corrected chi connectivity index (χ4v) is 2.17. The first kappa shape index (κ1) is 15.0. The van der Waals surface area contributed by atoms with Crippen molar-refractivity contribution in [2.45, 2.75) is 32.2 Å². The lowest BCUT2D eigenvalue weighted by Gasteiger charge is -2.09. The van der Waals surface area contributed by atoms with E-state index in [1.165, 1.54) is 0 Å². The molecule has 2 rings (SSSR count). The molecule has 0 bridgehead atoms. The molecule has 1 amide bonds. The normalized spacial score (nSPS) is 18.8. The summed E-state index contributed by atoms with van der Waals surface area (Å²) in [6, 6.07) is 2.12. The number of nitrogens with zero attached hydrogens (tertiary/aromatic N) is 2. The quantitative estimate of drug-likeness (QED) is 0.865. The molecule has 1 aromatic heterocycles. The predicted octanol–water partition coefficient (Wildman–Crippen LogP) is 1.06. The zero-order valence-electron chi connectivity index (χ0n) is 11.1. The number of aromatic nitrogens is 2. The Hall–Kier alpha value is -1.07. The van der Waals surface area contributed by atoms with Gasteiger partial charge in [0.2, 0.25) is 0 Å². The van der Waals surface area contributed by atoms with E-state index in [0.29, 0.717) is 11.6 Å². The van der Waals surface area contributed by atoms with Crippen LogP contribution in [0.3, 0.4) is 0 Å². The van der Waals surface area contributed by atoms with E-state index in [2.05, 4.69) is 29.6 Å². The lowest BCUT2D eigenvalue weighted by molar-refractivity contribution is 0.0934. The highest BCUT2D eigenvalue weighted by Crippen LogP contribution is 2.14. The molecule has 0 spiro atoms. The molecule has 1 aromatic rings. The van der Waals surface area contributed by atoms with E-state index in [-0.39, 0.29) is 24.4 Å². The monoisotopic (exact) mass is 272 g/mol. The fraction of sp³-hybridized carbons (Fsp3) is 0.667. The highest BCUT2D eigenvalue weighted by Gasteiger charge is 2.20. The zero-order chi connectivity index (χ0) is 12.4. The second-order valence-corrected chi connectivity index (χ2v) is 4.90. The van der Waals surface area contributed by atoms with Crippen LogP contribution in [0.25, 0.3) is 0 Å². The summed E-state index contributed by atoms with van der Waals surface area (Å²) in [5.74, 6) is 0.309. The van der Waals surface area contributed by atoms with Gasteiger partial charge >= 0.3 is 0 Å². The van der Waals surface area contributed by atoms with Crippen LogP contribution in [0.5, 0.6) is 0 Å². The average Bonchev–Trinajstić information content (AvgIpc) is 2.86. The summed E-state index contributed by atoms with van der Waals surface area (Å²) in [4.78, 5) is 12.0. The van der Waals surface area contributed by atoms with Crippen molar-refractivity contribution < 1.29 is 4.79 Å². The number of aryl methyl sites for hydroxylation is 1. The molecule has 0 radical (unpaired) electrons. The van der Waals surface area contributed by atoms with Crippen molar-refractivity contribution in [3.05, 3.63) is 17.5 Å². The second kappa shape index (κ2) is 6.20. The van der Waals surface area contributed by atoms with Gasteiger partial charge in [0.25, 0.3) is 5.91 Å². The maximum atomic E-state index is 12.0. The topological polar surface area (TPSA) is 59.0 Å². The number of hydrogen-bond acceptors (Lipinski definition) is 3. The van der Waals surface area contributed by atoms with E-state index >= 15 is 0 Å². The average molecular weight is 273 g/mol. The van der Waals surface area contributed by atoms with Crippen LogP contribution < -0.4 is 10.6 Å². The predicted molar refractivity (Wildman–Crippen MR) is 73.3 cm³/mol. The molecule has 1 aliphatic heterocycles. The van der Waals surface area contributed by atoms with Crippen molar-refractivity contribution in [1.82, 2.24) is 20.4 Å². The molecule has 0 aromatic carbocycles. The first-order valence-electron chi connectivity index (χ1n) is 6.13. The van der Waals surface area contributed by atoms with Gasteiger partial charge in [0.15, 0.2) is 0 Å². The summed E-state index contributed by atoms with van der Waals surface area (Å²) in [5.41, 5.74) is 1.60. The van der Waals surface area contributed by atoms with E-state index in [1.54, 1.807) is 4.68 Å². The van der Waals surface area contributed by atoms with E-state index in [0.717, 1.165) is 25.2 Å². The number of carbonyl (C=O) groups excluding carboxylic acids is 1. The van der Waals surface area contributed by atoms with Crippen LogP contribution in [0.4, 0.5) is 0 Å². The van der Waals surface area contributed by atoms with Crippen molar-refractivity contribution >= 4 is 18.3 Å². The third-order valence-electron chi connectivity index (χ3n) is 3.14. The van der Waals surface area contributed by atoms with Gasteiger partial charge in [-0.15, -0.1) is 12.4 Å². The van der Waals surface area contributed by atoms with Gasteiger partial charge in [-0.1, -0.05) is 13.8 Å². The number of amides is 1. The van der Waals surface area contributed by atoms with Gasteiger partial charge < -0.3 is 10.6 Å². The number of hydrogen-bond donors (Lipinski definition) is 2. The highest BCUT2D eigenvalue weighted by molar-refractivity contribution is 5.92. The SMILES string of the molecule is CC(C)c1cc(C(=O)NC2CCNC2)nn1C.Cl. The molecule has 0 aliphatic carbocycles. The maximum absolute atomic E-state index is 12.0. The van der Waals surface area contributed by atoms with E-state index < -0.39 is 0 Å².